The molecule has 0 heterocycles. The summed E-state index contributed by atoms with van der Waals surface area (Å²) in [6.07, 6.45) is 0. The number of nitrogens with two attached hydrogens (primary N) is 1. The third-order valence-electron chi connectivity index (χ3n) is 0.694. The smallest absolute Gasteiger partial charge is 0.0579 e. The van der Waals surface area contributed by atoms with Crippen molar-refractivity contribution >= 4 is 10.8 Å². The van der Waals surface area contributed by atoms with Gasteiger partial charge in [0.2, 0.25) is 0 Å². The van der Waals surface area contributed by atoms with Crippen molar-refractivity contribution in [1.82, 2.24) is 0 Å². The fourth-order valence-corrected chi connectivity index (χ4v) is 0. The van der Waals surface area contributed by atoms with E-state index in [-0.39, 0.29) is 5.25 Å². The van der Waals surface area contributed by atoms with Crippen LogP contribution >= 0.6 is 10.8 Å². The highest BCUT2D eigenvalue weighted by Gasteiger charge is 2.08. The van der Waals surface area contributed by atoms with E-state index in [2.05, 4.69) is 0 Å². The Labute approximate surface area is 45.0 Å². The van der Waals surface area contributed by atoms with Crippen molar-refractivity contribution in [3.63, 3.8) is 0 Å². The maximum Gasteiger partial charge on any atom is 0.0579 e. The summed E-state index contributed by atoms with van der Waals surface area (Å²) in [7, 11) is -2.74. The maximum atomic E-state index is 8.51. The predicted octanol–water partition coefficient (Wildman–Crippen LogP) is 1.02. The highest BCUT2D eigenvalue weighted by Crippen LogP contribution is 2.33. The molecule has 46 valence electrons. The van der Waals surface area contributed by atoms with E-state index in [1.54, 1.807) is 13.8 Å². The summed E-state index contributed by atoms with van der Waals surface area (Å²) < 4.78 is 17.0. The van der Waals surface area contributed by atoms with Gasteiger partial charge in [-0.05, 0) is 13.8 Å². The van der Waals surface area contributed by atoms with E-state index in [0.717, 1.165) is 0 Å². The molecule has 0 radical (unpaired) electrons. The van der Waals surface area contributed by atoms with E-state index in [9.17, 15) is 0 Å². The van der Waals surface area contributed by atoms with Gasteiger partial charge in [-0.1, -0.05) is 0 Å². The van der Waals surface area contributed by atoms with Crippen molar-refractivity contribution in [2.45, 2.75) is 19.1 Å². The average molecular weight is 125 g/mol. The molecule has 0 aromatic rings. The zero-order valence-corrected chi connectivity index (χ0v) is 5.27. The molecule has 3 nitrogen and oxygen atoms in total. The first kappa shape index (κ1) is 7.23. The molecule has 0 aliphatic heterocycles. The maximum absolute atomic E-state index is 8.51. The molecule has 0 aliphatic carbocycles. The minimum atomic E-state index is -2.74. The zero-order chi connectivity index (χ0) is 6.08. The van der Waals surface area contributed by atoms with Crippen molar-refractivity contribution in [1.29, 1.82) is 0 Å². The van der Waals surface area contributed by atoms with Gasteiger partial charge < -0.3 is 0 Å². The van der Waals surface area contributed by atoms with Gasteiger partial charge in [-0.3, -0.25) is 9.11 Å². The highest BCUT2D eigenvalue weighted by molar-refractivity contribution is 8.22. The monoisotopic (exact) mass is 125 g/mol. The van der Waals surface area contributed by atoms with E-state index in [1.807, 2.05) is 0 Å². The molecular formula is C3H11NO2S. The Hall–Kier alpha value is 0.230. The summed E-state index contributed by atoms with van der Waals surface area (Å²) in [6.45, 7) is 3.32. The molecule has 0 bridgehead atoms. The van der Waals surface area contributed by atoms with E-state index in [1.165, 1.54) is 0 Å². The molecule has 0 aliphatic rings. The Morgan fingerprint density at radius 3 is 1.57 bits per heavy atom. The lowest BCUT2D eigenvalue weighted by Gasteiger charge is -2.30. The van der Waals surface area contributed by atoms with Gasteiger partial charge >= 0.3 is 0 Å². The van der Waals surface area contributed by atoms with Crippen molar-refractivity contribution in [2.75, 3.05) is 0 Å². The topological polar surface area (TPSA) is 66.5 Å². The Balaban J connectivity index is 3.54. The summed E-state index contributed by atoms with van der Waals surface area (Å²) in [5.74, 6) is 0. The molecule has 0 aromatic heterocycles. The van der Waals surface area contributed by atoms with Crippen LogP contribution < -0.4 is 5.14 Å². The number of rotatable bonds is 1. The number of hydrogen-bond donors (Lipinski definition) is 3. The van der Waals surface area contributed by atoms with Crippen LogP contribution in [-0.2, 0) is 0 Å². The van der Waals surface area contributed by atoms with Gasteiger partial charge in [-0.25, -0.2) is 5.14 Å². The van der Waals surface area contributed by atoms with Crippen molar-refractivity contribution in [3.05, 3.63) is 0 Å². The average Bonchev–Trinajstić information content (AvgIpc) is 1.31. The first-order valence-corrected chi connectivity index (χ1v) is 3.66. The van der Waals surface area contributed by atoms with Crippen LogP contribution in [0.3, 0.4) is 0 Å². The molecule has 0 saturated carbocycles. The second-order valence-electron chi connectivity index (χ2n) is 1.69. The minimum absolute atomic E-state index is 0.229. The quantitative estimate of drug-likeness (QED) is 0.490. The van der Waals surface area contributed by atoms with Crippen molar-refractivity contribution in [3.8, 4) is 0 Å². The standard InChI is InChI=1S/C3H11NO2S/c1-3(2)7(4,5)6/h3,5-6H,4H2,1-2H3. The minimum Gasteiger partial charge on any atom is -0.286 e. The molecule has 0 aromatic carbocycles. The van der Waals surface area contributed by atoms with Crippen LogP contribution in [0.2, 0.25) is 0 Å². The van der Waals surface area contributed by atoms with Gasteiger partial charge in [0.25, 0.3) is 0 Å². The van der Waals surface area contributed by atoms with Crippen LogP contribution in [0.1, 0.15) is 13.8 Å². The first-order valence-electron chi connectivity index (χ1n) is 1.99. The molecule has 0 spiro atoms. The fraction of sp³-hybridized carbons (Fsp3) is 1.00. The lowest BCUT2D eigenvalue weighted by atomic mass is 10.6. The third-order valence-corrected chi connectivity index (χ3v) is 2.08. The number of hydrogen-bond acceptors (Lipinski definition) is 3. The zero-order valence-electron chi connectivity index (χ0n) is 4.46. The largest absolute Gasteiger partial charge is 0.286 e. The SMILES string of the molecule is CC(C)S(N)(O)O. The molecular weight excluding hydrogens is 114 g/mol. The fourth-order valence-electron chi connectivity index (χ4n) is 0. The molecule has 0 atom stereocenters. The molecule has 0 saturated heterocycles. The molecule has 4 N–H and O–H groups in total. The molecule has 7 heavy (non-hydrogen) atoms. The van der Waals surface area contributed by atoms with Crippen LogP contribution in [0.15, 0.2) is 0 Å². The normalized spacial score (nSPS) is 15.1. The summed E-state index contributed by atoms with van der Waals surface area (Å²) in [4.78, 5) is 0. The Bertz CT molecular complexity index is 58.4. The summed E-state index contributed by atoms with van der Waals surface area (Å²) in [6, 6.07) is 0. The van der Waals surface area contributed by atoms with Crippen LogP contribution in [0.4, 0.5) is 0 Å². The van der Waals surface area contributed by atoms with Gasteiger partial charge in [0.15, 0.2) is 0 Å². The van der Waals surface area contributed by atoms with Crippen LogP contribution in [0.5, 0.6) is 0 Å². The van der Waals surface area contributed by atoms with Crippen molar-refractivity contribution in [2.24, 2.45) is 5.14 Å². The Kier molecular flexibility index (Phi) is 2.07. The second-order valence-corrected chi connectivity index (χ2v) is 3.91. The third kappa shape index (κ3) is 2.87. The van der Waals surface area contributed by atoms with Gasteiger partial charge in [0, 0.05) is 0 Å². The van der Waals surface area contributed by atoms with E-state index in [0.29, 0.717) is 0 Å². The molecule has 0 fully saturated rings. The molecule has 0 rings (SSSR count). The summed E-state index contributed by atoms with van der Waals surface area (Å²) >= 11 is 0. The Morgan fingerprint density at radius 2 is 1.57 bits per heavy atom. The van der Waals surface area contributed by atoms with Crippen LogP contribution in [0, 0.1) is 0 Å². The summed E-state index contributed by atoms with van der Waals surface area (Å²) in [5, 5.41) is 4.64. The van der Waals surface area contributed by atoms with Gasteiger partial charge in [0.05, 0.1) is 5.25 Å². The second kappa shape index (κ2) is 2.00. The Morgan fingerprint density at radius 1 is 1.43 bits per heavy atom. The van der Waals surface area contributed by atoms with E-state index >= 15 is 0 Å². The van der Waals surface area contributed by atoms with E-state index in [4.69, 9.17) is 14.2 Å². The van der Waals surface area contributed by atoms with E-state index < -0.39 is 10.8 Å². The van der Waals surface area contributed by atoms with Gasteiger partial charge in [-0.2, -0.15) is 0 Å². The van der Waals surface area contributed by atoms with Crippen molar-refractivity contribution < 1.29 is 9.11 Å². The predicted molar refractivity (Wildman–Crippen MR) is 32.2 cm³/mol. The van der Waals surface area contributed by atoms with Gasteiger partial charge in [0.1, 0.15) is 0 Å². The van der Waals surface area contributed by atoms with Crippen LogP contribution in [0.25, 0.3) is 0 Å². The van der Waals surface area contributed by atoms with Crippen LogP contribution in [-0.4, -0.2) is 14.4 Å². The highest BCUT2D eigenvalue weighted by atomic mass is 32.3. The van der Waals surface area contributed by atoms with Gasteiger partial charge in [-0.15, -0.1) is 10.8 Å². The molecule has 4 heteroatoms. The lowest BCUT2D eigenvalue weighted by Crippen LogP contribution is -2.18. The lowest BCUT2D eigenvalue weighted by molar-refractivity contribution is 0.478. The first-order chi connectivity index (χ1) is 2.94. The molecule has 0 amide bonds. The molecule has 0 unspecified atom stereocenters. The summed E-state index contributed by atoms with van der Waals surface area (Å²) in [5.41, 5.74) is 0.